The van der Waals surface area contributed by atoms with Crippen molar-refractivity contribution in [2.45, 2.75) is 63.2 Å². The van der Waals surface area contributed by atoms with E-state index < -0.39 is 10.0 Å². The molecule has 1 amide bonds. The van der Waals surface area contributed by atoms with Crippen LogP contribution in [0, 0.1) is 0 Å². The molecule has 3 atom stereocenters. The summed E-state index contributed by atoms with van der Waals surface area (Å²) in [5, 5.41) is 3.13. The Hall–Kier alpha value is -1.19. The highest BCUT2D eigenvalue weighted by atomic mass is 35.5. The predicted molar refractivity (Wildman–Crippen MR) is 114 cm³/mol. The number of rotatable bonds is 5. The van der Waals surface area contributed by atoms with Gasteiger partial charge in [-0.3, -0.25) is 9.69 Å². The van der Waals surface area contributed by atoms with Crippen molar-refractivity contribution in [3.05, 3.63) is 23.2 Å². The Morgan fingerprint density at radius 2 is 1.79 bits per heavy atom. The van der Waals surface area contributed by atoms with Gasteiger partial charge in [0.2, 0.25) is 15.9 Å². The predicted octanol–water partition coefficient (Wildman–Crippen LogP) is 2.95. The van der Waals surface area contributed by atoms with Gasteiger partial charge in [0, 0.05) is 26.2 Å². The van der Waals surface area contributed by atoms with Crippen LogP contribution in [-0.4, -0.2) is 68.0 Å². The summed E-state index contributed by atoms with van der Waals surface area (Å²) < 4.78 is 33.1. The number of benzene rings is 1. The zero-order chi connectivity index (χ0) is 21.2. The average Bonchev–Trinajstić information content (AvgIpc) is 2.68. The molecule has 9 heteroatoms. The monoisotopic (exact) mass is 443 g/mol. The van der Waals surface area contributed by atoms with Crippen molar-refractivity contribution in [3.63, 3.8) is 0 Å². The van der Waals surface area contributed by atoms with E-state index in [0.29, 0.717) is 36.9 Å². The highest BCUT2D eigenvalue weighted by Crippen LogP contribution is 2.28. The normalized spacial score (nSPS) is 25.5. The van der Waals surface area contributed by atoms with Gasteiger partial charge in [-0.15, -0.1) is 0 Å². The Morgan fingerprint density at radius 1 is 1.17 bits per heavy atom. The van der Waals surface area contributed by atoms with Crippen molar-refractivity contribution in [1.29, 1.82) is 0 Å². The molecule has 0 bridgehead atoms. The molecule has 2 saturated heterocycles. The Labute approximate surface area is 178 Å². The first-order chi connectivity index (χ1) is 13.7. The number of morpholine rings is 1. The molecule has 2 aliphatic rings. The van der Waals surface area contributed by atoms with Gasteiger partial charge in [-0.2, -0.15) is 4.31 Å². The van der Waals surface area contributed by atoms with Gasteiger partial charge in [0.25, 0.3) is 0 Å². The standard InChI is InChI=1S/C20H30ClN3O4S/c1-14-12-23(13-15(2)28-14)16(3)20(25)22-19-11-17(7-8-18(19)21)29(26,27)24-9-5-4-6-10-24/h7-8,11,14-16H,4-6,9-10,12-13H2,1-3H3,(H,22,25)/t14-,15+,16-/m1/s1. The molecule has 162 valence electrons. The van der Waals surface area contributed by atoms with Gasteiger partial charge in [-0.05, 0) is 51.8 Å². The molecular weight excluding hydrogens is 414 g/mol. The van der Waals surface area contributed by atoms with Gasteiger partial charge in [-0.25, -0.2) is 8.42 Å². The Kier molecular flexibility index (Phi) is 7.22. The summed E-state index contributed by atoms with van der Waals surface area (Å²) in [7, 11) is -3.60. The first-order valence-corrected chi connectivity index (χ1v) is 12.0. The molecule has 0 spiro atoms. The molecule has 1 N–H and O–H groups in total. The number of sulfonamides is 1. The fraction of sp³-hybridized carbons (Fsp3) is 0.650. The summed E-state index contributed by atoms with van der Waals surface area (Å²) in [4.78, 5) is 15.0. The minimum absolute atomic E-state index is 0.0515. The molecule has 0 aliphatic carbocycles. The number of hydrogen-bond acceptors (Lipinski definition) is 5. The molecule has 0 unspecified atom stereocenters. The molecular formula is C20H30ClN3O4S. The Balaban J connectivity index is 1.75. The van der Waals surface area contributed by atoms with Crippen molar-refractivity contribution >= 4 is 33.2 Å². The van der Waals surface area contributed by atoms with Crippen LogP contribution < -0.4 is 5.32 Å². The number of carbonyl (C=O) groups is 1. The minimum Gasteiger partial charge on any atom is -0.373 e. The topological polar surface area (TPSA) is 79.0 Å². The van der Waals surface area contributed by atoms with E-state index in [1.807, 2.05) is 20.8 Å². The van der Waals surface area contributed by atoms with Crippen molar-refractivity contribution in [2.75, 3.05) is 31.5 Å². The van der Waals surface area contributed by atoms with Crippen molar-refractivity contribution < 1.29 is 17.9 Å². The van der Waals surface area contributed by atoms with Crippen LogP contribution in [0.1, 0.15) is 40.0 Å². The van der Waals surface area contributed by atoms with Crippen molar-refractivity contribution in [1.82, 2.24) is 9.21 Å². The number of nitrogens with one attached hydrogen (secondary N) is 1. The van der Waals surface area contributed by atoms with Gasteiger partial charge in [0.1, 0.15) is 0 Å². The number of nitrogens with zero attached hydrogens (tertiary/aromatic N) is 2. The van der Waals surface area contributed by atoms with Crippen LogP contribution in [0.25, 0.3) is 0 Å². The number of anilines is 1. The molecule has 29 heavy (non-hydrogen) atoms. The number of hydrogen-bond donors (Lipinski definition) is 1. The molecule has 1 aromatic carbocycles. The van der Waals surface area contributed by atoms with Gasteiger partial charge < -0.3 is 10.1 Å². The first kappa shape index (κ1) is 22.5. The Bertz CT molecular complexity index is 832. The average molecular weight is 444 g/mol. The molecule has 0 radical (unpaired) electrons. The fourth-order valence-corrected chi connectivity index (χ4v) is 5.66. The number of halogens is 1. The third-order valence-corrected chi connectivity index (χ3v) is 7.75. The van der Waals surface area contributed by atoms with Gasteiger partial charge >= 0.3 is 0 Å². The summed E-state index contributed by atoms with van der Waals surface area (Å²) in [6.07, 6.45) is 2.88. The van der Waals surface area contributed by atoms with E-state index >= 15 is 0 Å². The van der Waals surface area contributed by atoms with E-state index in [-0.39, 0.29) is 29.1 Å². The molecule has 7 nitrogen and oxygen atoms in total. The molecule has 0 aromatic heterocycles. The van der Waals surface area contributed by atoms with Crippen LogP contribution in [0.5, 0.6) is 0 Å². The lowest BCUT2D eigenvalue weighted by Crippen LogP contribution is -2.52. The first-order valence-electron chi connectivity index (χ1n) is 10.2. The zero-order valence-corrected chi connectivity index (χ0v) is 18.8. The fourth-order valence-electron chi connectivity index (χ4n) is 3.95. The van der Waals surface area contributed by atoms with Crippen molar-refractivity contribution in [2.24, 2.45) is 0 Å². The second-order valence-electron chi connectivity index (χ2n) is 7.98. The second-order valence-corrected chi connectivity index (χ2v) is 10.3. The lowest BCUT2D eigenvalue weighted by Gasteiger charge is -2.38. The number of piperidine rings is 1. The lowest BCUT2D eigenvalue weighted by atomic mass is 10.1. The third-order valence-electron chi connectivity index (χ3n) is 5.52. The maximum atomic E-state index is 12.9. The molecule has 2 heterocycles. The molecule has 3 rings (SSSR count). The minimum atomic E-state index is -3.60. The van der Waals surface area contributed by atoms with E-state index in [1.54, 1.807) is 0 Å². The highest BCUT2D eigenvalue weighted by molar-refractivity contribution is 7.89. The van der Waals surface area contributed by atoms with Crippen LogP contribution in [-0.2, 0) is 19.6 Å². The van der Waals surface area contributed by atoms with Crippen LogP contribution in [0.15, 0.2) is 23.1 Å². The maximum Gasteiger partial charge on any atom is 0.243 e. The summed E-state index contributed by atoms with van der Waals surface area (Å²) in [6, 6.07) is 4.10. The summed E-state index contributed by atoms with van der Waals surface area (Å²) in [5.74, 6) is -0.222. The SMILES string of the molecule is C[C@@H]1CN([C@H](C)C(=O)Nc2cc(S(=O)(=O)N3CCCCC3)ccc2Cl)C[C@H](C)O1. The molecule has 2 fully saturated rings. The zero-order valence-electron chi connectivity index (χ0n) is 17.2. The van der Waals surface area contributed by atoms with E-state index in [2.05, 4.69) is 10.2 Å². The molecule has 2 aliphatic heterocycles. The van der Waals surface area contributed by atoms with Crippen molar-refractivity contribution in [3.8, 4) is 0 Å². The third kappa shape index (κ3) is 5.30. The van der Waals surface area contributed by atoms with E-state index in [4.69, 9.17) is 16.3 Å². The summed E-state index contributed by atoms with van der Waals surface area (Å²) in [6.45, 7) is 8.18. The molecule has 1 aromatic rings. The smallest absolute Gasteiger partial charge is 0.243 e. The van der Waals surface area contributed by atoms with Crippen LogP contribution >= 0.6 is 11.6 Å². The highest BCUT2D eigenvalue weighted by Gasteiger charge is 2.30. The van der Waals surface area contributed by atoms with Gasteiger partial charge in [-0.1, -0.05) is 18.0 Å². The molecule has 0 saturated carbocycles. The number of ether oxygens (including phenoxy) is 1. The largest absolute Gasteiger partial charge is 0.373 e. The Morgan fingerprint density at radius 3 is 2.41 bits per heavy atom. The maximum absolute atomic E-state index is 12.9. The summed E-state index contributed by atoms with van der Waals surface area (Å²) >= 11 is 6.26. The van der Waals surface area contributed by atoms with E-state index in [1.165, 1.54) is 22.5 Å². The number of amides is 1. The quantitative estimate of drug-likeness (QED) is 0.756. The second kappa shape index (κ2) is 9.31. The lowest BCUT2D eigenvalue weighted by molar-refractivity contribution is -0.126. The summed E-state index contributed by atoms with van der Waals surface area (Å²) in [5.41, 5.74) is 0.316. The van der Waals surface area contributed by atoms with Crippen LogP contribution in [0.2, 0.25) is 5.02 Å². The van der Waals surface area contributed by atoms with E-state index in [0.717, 1.165) is 19.3 Å². The van der Waals surface area contributed by atoms with Gasteiger partial charge in [0.15, 0.2) is 0 Å². The van der Waals surface area contributed by atoms with Gasteiger partial charge in [0.05, 0.1) is 33.9 Å². The van der Waals surface area contributed by atoms with Crippen LogP contribution in [0.3, 0.4) is 0 Å². The van der Waals surface area contributed by atoms with Crippen LogP contribution in [0.4, 0.5) is 5.69 Å². The number of carbonyl (C=O) groups excluding carboxylic acids is 1. The van der Waals surface area contributed by atoms with E-state index in [9.17, 15) is 13.2 Å².